The maximum absolute atomic E-state index is 13.7. The molecule has 1 aromatic heterocycles. The lowest BCUT2D eigenvalue weighted by molar-refractivity contribution is -0.122. The summed E-state index contributed by atoms with van der Waals surface area (Å²) in [4.78, 5) is 33.8. The van der Waals surface area contributed by atoms with Crippen molar-refractivity contribution in [1.82, 2.24) is 19.8 Å². The van der Waals surface area contributed by atoms with E-state index in [1.807, 2.05) is 38.1 Å². The van der Waals surface area contributed by atoms with Gasteiger partial charge in [-0.15, -0.1) is 0 Å². The van der Waals surface area contributed by atoms with Crippen molar-refractivity contribution >= 4 is 28.4 Å². The summed E-state index contributed by atoms with van der Waals surface area (Å²) in [6.45, 7) is 7.36. The van der Waals surface area contributed by atoms with Crippen LogP contribution >= 0.6 is 11.6 Å². The fourth-order valence-electron chi connectivity index (χ4n) is 5.48. The molecule has 2 atom stereocenters. The number of rotatable bonds is 8. The van der Waals surface area contributed by atoms with Crippen molar-refractivity contribution in [3.8, 4) is 11.4 Å². The van der Waals surface area contributed by atoms with Gasteiger partial charge < -0.3 is 10.2 Å². The molecule has 2 fully saturated rings. The van der Waals surface area contributed by atoms with Gasteiger partial charge in [0.25, 0.3) is 5.56 Å². The molecular formula is C29H35ClN4O2. The van der Waals surface area contributed by atoms with Gasteiger partial charge in [-0.2, -0.15) is 0 Å². The molecule has 1 N–H and O–H groups in total. The van der Waals surface area contributed by atoms with Gasteiger partial charge in [0, 0.05) is 16.6 Å². The van der Waals surface area contributed by atoms with E-state index in [1.54, 1.807) is 12.1 Å². The zero-order chi connectivity index (χ0) is 25.2. The number of hydrogen-bond acceptors (Lipinski definition) is 4. The number of aromatic nitrogens is 2. The molecule has 2 aromatic carbocycles. The molecular weight excluding hydrogens is 472 g/mol. The predicted molar refractivity (Wildman–Crippen MR) is 145 cm³/mol. The fourth-order valence-corrected chi connectivity index (χ4v) is 5.67. The quantitative estimate of drug-likeness (QED) is 0.454. The minimum absolute atomic E-state index is 0.0143. The highest BCUT2D eigenvalue weighted by molar-refractivity contribution is 6.30. The average molecular weight is 507 g/mol. The molecule has 1 amide bonds. The largest absolute Gasteiger partial charge is 0.352 e. The van der Waals surface area contributed by atoms with E-state index in [9.17, 15) is 9.59 Å². The smallest absolute Gasteiger partial charge is 0.262 e. The molecule has 0 bridgehead atoms. The van der Waals surface area contributed by atoms with Gasteiger partial charge in [0.2, 0.25) is 5.91 Å². The van der Waals surface area contributed by atoms with Gasteiger partial charge >= 0.3 is 0 Å². The van der Waals surface area contributed by atoms with Crippen molar-refractivity contribution in [3.05, 3.63) is 63.4 Å². The van der Waals surface area contributed by atoms with Crippen LogP contribution in [0.25, 0.3) is 22.3 Å². The molecule has 0 unspecified atom stereocenters. The number of likely N-dealkylation sites (tertiary alicyclic amines) is 1. The molecule has 2 heterocycles. The Balaban J connectivity index is 1.44. The van der Waals surface area contributed by atoms with E-state index in [0.717, 1.165) is 0 Å². The number of carbonyl (C=O) groups is 1. The zero-order valence-corrected chi connectivity index (χ0v) is 21.9. The van der Waals surface area contributed by atoms with Gasteiger partial charge in [-0.1, -0.05) is 36.2 Å². The van der Waals surface area contributed by atoms with E-state index < -0.39 is 0 Å². The minimum Gasteiger partial charge on any atom is -0.352 e. The summed E-state index contributed by atoms with van der Waals surface area (Å²) in [6, 6.07) is 13.3. The van der Waals surface area contributed by atoms with Gasteiger partial charge in [-0.3, -0.25) is 14.2 Å². The molecule has 1 aliphatic carbocycles. The van der Waals surface area contributed by atoms with Crippen LogP contribution < -0.4 is 10.9 Å². The molecule has 0 spiro atoms. The van der Waals surface area contributed by atoms with Gasteiger partial charge in [-0.25, -0.2) is 4.98 Å². The summed E-state index contributed by atoms with van der Waals surface area (Å²) in [5.74, 6) is 1.42. The summed E-state index contributed by atoms with van der Waals surface area (Å²) in [7, 11) is 0. The number of piperidine rings is 1. The SMILES string of the molecule is CC(C)NC(=O)Cn1c(-c2cccc(Cl)c2)nc2ccc([C@@H]3C[C@H]3CCN3CCCCC3)cc2c1=O. The molecule has 1 saturated heterocycles. The number of carbonyl (C=O) groups excluding carboxylic acids is 1. The summed E-state index contributed by atoms with van der Waals surface area (Å²) in [5.41, 5.74) is 2.37. The van der Waals surface area contributed by atoms with E-state index >= 15 is 0 Å². The maximum atomic E-state index is 13.7. The standard InChI is InChI=1S/C29H35ClN4O2/c1-19(2)31-27(35)18-34-28(22-7-6-8-23(30)15-22)32-26-10-9-20(17-25(26)29(34)36)24-16-21(24)11-14-33-12-4-3-5-13-33/h6-10,15,17,19,21,24H,3-5,11-14,16,18H2,1-2H3,(H,31,35)/t21-,24+/m1/s1. The van der Waals surface area contributed by atoms with Gasteiger partial charge in [-0.05, 0) is 101 Å². The number of hydrogen-bond donors (Lipinski definition) is 1. The number of nitrogens with one attached hydrogen (secondary N) is 1. The highest BCUT2D eigenvalue weighted by Crippen LogP contribution is 2.50. The monoisotopic (exact) mass is 506 g/mol. The molecule has 3 aromatic rings. The first-order valence-electron chi connectivity index (χ1n) is 13.2. The van der Waals surface area contributed by atoms with E-state index in [1.165, 1.54) is 61.9 Å². The van der Waals surface area contributed by atoms with Crippen molar-refractivity contribution in [3.63, 3.8) is 0 Å². The van der Waals surface area contributed by atoms with Crippen molar-refractivity contribution < 1.29 is 4.79 Å². The van der Waals surface area contributed by atoms with Crippen LogP contribution in [0.15, 0.2) is 47.3 Å². The summed E-state index contributed by atoms with van der Waals surface area (Å²) < 4.78 is 1.48. The van der Waals surface area contributed by atoms with E-state index in [4.69, 9.17) is 16.6 Å². The van der Waals surface area contributed by atoms with E-state index in [-0.39, 0.29) is 24.1 Å². The third-order valence-corrected chi connectivity index (χ3v) is 7.66. The second-order valence-electron chi connectivity index (χ2n) is 10.6. The molecule has 1 aliphatic heterocycles. The topological polar surface area (TPSA) is 67.2 Å². The number of benzene rings is 2. The second kappa shape index (κ2) is 10.7. The third kappa shape index (κ3) is 5.65. The Morgan fingerprint density at radius 2 is 1.94 bits per heavy atom. The van der Waals surface area contributed by atoms with Crippen molar-refractivity contribution in [2.24, 2.45) is 5.92 Å². The normalized spacial score (nSPS) is 20.1. The molecule has 6 nitrogen and oxygen atoms in total. The van der Waals surface area contributed by atoms with Gasteiger partial charge in [0.1, 0.15) is 12.4 Å². The molecule has 5 rings (SSSR count). The third-order valence-electron chi connectivity index (χ3n) is 7.43. The van der Waals surface area contributed by atoms with Crippen molar-refractivity contribution in [2.45, 2.75) is 64.5 Å². The van der Waals surface area contributed by atoms with Crippen LogP contribution in [0.1, 0.15) is 57.4 Å². The number of amides is 1. The molecule has 36 heavy (non-hydrogen) atoms. The fraction of sp³-hybridized carbons (Fsp3) is 0.483. The molecule has 1 saturated carbocycles. The minimum atomic E-state index is -0.215. The van der Waals surface area contributed by atoms with Crippen LogP contribution in [0.3, 0.4) is 0 Å². The van der Waals surface area contributed by atoms with Gasteiger partial charge in [0.05, 0.1) is 10.9 Å². The van der Waals surface area contributed by atoms with E-state index in [2.05, 4.69) is 16.3 Å². The Bertz CT molecular complexity index is 1310. The van der Waals surface area contributed by atoms with Gasteiger partial charge in [0.15, 0.2) is 0 Å². The Hall–Kier alpha value is -2.70. The lowest BCUT2D eigenvalue weighted by Crippen LogP contribution is -2.37. The van der Waals surface area contributed by atoms with Crippen LogP contribution in [-0.4, -0.2) is 46.0 Å². The first-order chi connectivity index (χ1) is 17.4. The number of halogens is 1. The maximum Gasteiger partial charge on any atom is 0.262 e. The zero-order valence-electron chi connectivity index (χ0n) is 21.2. The first kappa shape index (κ1) is 25.0. The van der Waals surface area contributed by atoms with Crippen LogP contribution in [0, 0.1) is 5.92 Å². The molecule has 190 valence electrons. The molecule has 0 radical (unpaired) electrons. The molecule has 2 aliphatic rings. The highest BCUT2D eigenvalue weighted by atomic mass is 35.5. The molecule has 7 heteroatoms. The number of nitrogens with zero attached hydrogens (tertiary/aromatic N) is 3. The van der Waals surface area contributed by atoms with Crippen LogP contribution in [-0.2, 0) is 11.3 Å². The van der Waals surface area contributed by atoms with E-state index in [0.29, 0.717) is 39.1 Å². The Labute approximate surface area is 217 Å². The number of fused-ring (bicyclic) bond motifs is 1. The summed E-state index contributed by atoms with van der Waals surface area (Å²) >= 11 is 6.23. The predicted octanol–water partition coefficient (Wildman–Crippen LogP) is 5.22. The van der Waals surface area contributed by atoms with Crippen molar-refractivity contribution in [1.29, 1.82) is 0 Å². The van der Waals surface area contributed by atoms with Crippen LogP contribution in [0.4, 0.5) is 0 Å². The van der Waals surface area contributed by atoms with Crippen LogP contribution in [0.2, 0.25) is 5.02 Å². The highest BCUT2D eigenvalue weighted by Gasteiger charge is 2.38. The Morgan fingerprint density at radius 3 is 2.69 bits per heavy atom. The lowest BCUT2D eigenvalue weighted by atomic mass is 10.0. The average Bonchev–Trinajstić information content (AvgIpc) is 3.64. The second-order valence-corrected chi connectivity index (χ2v) is 11.1. The van der Waals surface area contributed by atoms with Crippen LogP contribution in [0.5, 0.6) is 0 Å². The lowest BCUT2D eigenvalue weighted by Gasteiger charge is -2.26. The first-order valence-corrected chi connectivity index (χ1v) is 13.6. The van der Waals surface area contributed by atoms with Crippen molar-refractivity contribution in [2.75, 3.05) is 19.6 Å². The summed E-state index contributed by atoms with van der Waals surface area (Å²) in [6.07, 6.45) is 6.41. The Morgan fingerprint density at radius 1 is 1.14 bits per heavy atom. The Kier molecular flexibility index (Phi) is 7.44. The summed E-state index contributed by atoms with van der Waals surface area (Å²) in [5, 5.41) is 4.01.